The number of hydrogen-bond donors (Lipinski definition) is 4. The largest absolute Gasteiger partial charge is 0.508 e. The van der Waals surface area contributed by atoms with Crippen molar-refractivity contribution in [3.63, 3.8) is 0 Å². The zero-order chi connectivity index (χ0) is 23.9. The standard InChI is InChI=1S/C28H25N3O4/c1-34-28(33)23-11-17-13-29-22-9-10-24(32)26(25(17)22)27(31-23)20-14-30-21-8-7-18(12-19(20)21)35-15-16-5-3-2-4-6-16/h2-10,12-14,23,27,29-32H,11,15H2,1H3/t23-,27+/m0/s1. The molecule has 0 unspecified atom stereocenters. The van der Waals surface area contributed by atoms with Gasteiger partial charge in [-0.25, -0.2) is 0 Å². The van der Waals surface area contributed by atoms with Crippen LogP contribution >= 0.6 is 0 Å². The van der Waals surface area contributed by atoms with Gasteiger partial charge in [-0.3, -0.25) is 10.1 Å². The summed E-state index contributed by atoms with van der Waals surface area (Å²) in [6.45, 7) is 0.463. The maximum atomic E-state index is 12.7. The molecule has 7 heteroatoms. The van der Waals surface area contributed by atoms with Gasteiger partial charge in [0.25, 0.3) is 0 Å². The minimum absolute atomic E-state index is 0.173. The molecule has 35 heavy (non-hydrogen) atoms. The summed E-state index contributed by atoms with van der Waals surface area (Å²) in [5, 5.41) is 16.3. The van der Waals surface area contributed by atoms with E-state index in [0.717, 1.165) is 49.8 Å². The van der Waals surface area contributed by atoms with E-state index < -0.39 is 12.1 Å². The molecule has 1 aliphatic rings. The normalized spacial score (nSPS) is 17.4. The Labute approximate surface area is 201 Å². The van der Waals surface area contributed by atoms with Gasteiger partial charge in [-0.15, -0.1) is 0 Å². The van der Waals surface area contributed by atoms with E-state index in [4.69, 9.17) is 9.47 Å². The fourth-order valence-corrected chi connectivity index (χ4v) is 5.06. The molecule has 2 atom stereocenters. The average molecular weight is 468 g/mol. The van der Waals surface area contributed by atoms with Gasteiger partial charge in [0, 0.05) is 46.2 Å². The summed E-state index contributed by atoms with van der Waals surface area (Å²) in [5.74, 6) is 0.570. The number of fused-ring (bicyclic) bond motifs is 1. The highest BCUT2D eigenvalue weighted by Gasteiger charge is 2.34. The van der Waals surface area contributed by atoms with Crippen LogP contribution in [0.1, 0.15) is 28.3 Å². The van der Waals surface area contributed by atoms with E-state index in [2.05, 4.69) is 15.3 Å². The molecule has 3 aromatic carbocycles. The number of benzene rings is 3. The van der Waals surface area contributed by atoms with Crippen LogP contribution in [0.25, 0.3) is 21.8 Å². The zero-order valence-corrected chi connectivity index (χ0v) is 19.2. The van der Waals surface area contributed by atoms with Crippen molar-refractivity contribution in [3.05, 3.63) is 95.3 Å². The quantitative estimate of drug-likeness (QED) is 0.281. The molecule has 5 aromatic rings. The smallest absolute Gasteiger partial charge is 0.323 e. The van der Waals surface area contributed by atoms with Gasteiger partial charge in [0.15, 0.2) is 0 Å². The van der Waals surface area contributed by atoms with E-state index in [0.29, 0.717) is 13.0 Å². The molecule has 1 aliphatic heterocycles. The van der Waals surface area contributed by atoms with Gasteiger partial charge in [-0.2, -0.15) is 0 Å². The average Bonchev–Trinajstić information content (AvgIpc) is 3.45. The lowest BCUT2D eigenvalue weighted by molar-refractivity contribution is -0.143. The number of phenols is 1. The molecule has 3 heterocycles. The number of carbonyl (C=O) groups is 1. The molecule has 4 N–H and O–H groups in total. The molecular weight excluding hydrogens is 442 g/mol. The summed E-state index contributed by atoms with van der Waals surface area (Å²) in [4.78, 5) is 19.3. The zero-order valence-electron chi connectivity index (χ0n) is 19.2. The first-order valence-corrected chi connectivity index (χ1v) is 11.6. The van der Waals surface area contributed by atoms with Gasteiger partial charge in [0.2, 0.25) is 0 Å². The number of methoxy groups -OCH3 is 1. The van der Waals surface area contributed by atoms with Crippen LogP contribution in [0.5, 0.6) is 11.5 Å². The summed E-state index contributed by atoms with van der Waals surface area (Å²) in [6.07, 6.45) is 4.28. The number of nitrogens with one attached hydrogen (secondary N) is 3. The van der Waals surface area contributed by atoms with Crippen LogP contribution in [0.3, 0.4) is 0 Å². The van der Waals surface area contributed by atoms with Crippen LogP contribution in [0.2, 0.25) is 0 Å². The number of ether oxygens (including phenoxy) is 2. The van der Waals surface area contributed by atoms with E-state index in [-0.39, 0.29) is 11.7 Å². The maximum absolute atomic E-state index is 12.7. The van der Waals surface area contributed by atoms with Crippen LogP contribution < -0.4 is 10.1 Å². The second-order valence-electron chi connectivity index (χ2n) is 8.84. The van der Waals surface area contributed by atoms with Crippen LogP contribution in [-0.4, -0.2) is 34.2 Å². The molecule has 0 saturated carbocycles. The van der Waals surface area contributed by atoms with E-state index in [1.807, 2.05) is 67.0 Å². The number of hydrogen-bond acceptors (Lipinski definition) is 5. The Balaban J connectivity index is 1.45. The Morgan fingerprint density at radius 2 is 1.83 bits per heavy atom. The lowest BCUT2D eigenvalue weighted by atomic mass is 9.94. The molecular formula is C28H25N3O4. The molecule has 0 aliphatic carbocycles. The Morgan fingerprint density at radius 1 is 1.03 bits per heavy atom. The Morgan fingerprint density at radius 3 is 2.66 bits per heavy atom. The molecule has 0 bridgehead atoms. The van der Waals surface area contributed by atoms with E-state index >= 15 is 0 Å². The minimum atomic E-state index is -0.571. The van der Waals surface area contributed by atoms with Crippen LogP contribution in [0.4, 0.5) is 0 Å². The summed E-state index contributed by atoms with van der Waals surface area (Å²) in [6, 6.07) is 18.5. The summed E-state index contributed by atoms with van der Waals surface area (Å²) >= 11 is 0. The molecule has 0 fully saturated rings. The topological polar surface area (TPSA) is 99.4 Å². The lowest BCUT2D eigenvalue weighted by Gasteiger charge is -2.23. The van der Waals surface area contributed by atoms with Crippen LogP contribution in [0, 0.1) is 0 Å². The predicted octanol–water partition coefficient (Wildman–Crippen LogP) is 4.71. The molecule has 0 spiro atoms. The summed E-state index contributed by atoms with van der Waals surface area (Å²) in [7, 11) is 1.39. The molecule has 0 amide bonds. The van der Waals surface area contributed by atoms with Gasteiger partial charge in [0.1, 0.15) is 24.1 Å². The predicted molar refractivity (Wildman–Crippen MR) is 134 cm³/mol. The van der Waals surface area contributed by atoms with Crippen LogP contribution in [-0.2, 0) is 22.6 Å². The second-order valence-corrected chi connectivity index (χ2v) is 8.84. The van der Waals surface area contributed by atoms with Crippen molar-refractivity contribution in [2.24, 2.45) is 0 Å². The first-order valence-electron chi connectivity index (χ1n) is 11.6. The first kappa shape index (κ1) is 21.3. The lowest BCUT2D eigenvalue weighted by Crippen LogP contribution is -2.40. The maximum Gasteiger partial charge on any atom is 0.323 e. The Hall–Kier alpha value is -4.23. The number of carbonyl (C=O) groups excluding carboxylic acids is 1. The van der Waals surface area contributed by atoms with E-state index in [9.17, 15) is 9.90 Å². The third-order valence-electron chi connectivity index (χ3n) is 6.76. The Bertz CT molecular complexity index is 1540. The van der Waals surface area contributed by atoms with Crippen molar-refractivity contribution in [2.75, 3.05) is 7.11 Å². The third kappa shape index (κ3) is 3.70. The van der Waals surface area contributed by atoms with Gasteiger partial charge in [0.05, 0.1) is 13.2 Å². The SMILES string of the molecule is COC(=O)[C@@H]1Cc2c[nH]c3ccc(O)c(c23)[C@@H](c2c[nH]c3ccc(OCc4ccccc4)cc23)N1. The molecule has 2 aromatic heterocycles. The van der Waals surface area contributed by atoms with Gasteiger partial charge < -0.3 is 24.5 Å². The van der Waals surface area contributed by atoms with Gasteiger partial charge in [-0.05, 0) is 47.0 Å². The molecule has 0 radical (unpaired) electrons. The summed E-state index contributed by atoms with van der Waals surface area (Å²) < 4.78 is 11.2. The van der Waals surface area contributed by atoms with E-state index in [1.54, 1.807) is 6.07 Å². The van der Waals surface area contributed by atoms with Gasteiger partial charge >= 0.3 is 5.97 Å². The van der Waals surface area contributed by atoms with E-state index in [1.165, 1.54) is 7.11 Å². The number of aromatic hydroxyl groups is 1. The molecule has 6 rings (SSSR count). The third-order valence-corrected chi connectivity index (χ3v) is 6.76. The molecule has 176 valence electrons. The van der Waals surface area contributed by atoms with Gasteiger partial charge in [-0.1, -0.05) is 30.3 Å². The monoisotopic (exact) mass is 467 g/mol. The van der Waals surface area contributed by atoms with Crippen LogP contribution in [0.15, 0.2) is 73.1 Å². The fraction of sp³-hybridized carbons (Fsp3) is 0.179. The van der Waals surface area contributed by atoms with Crippen molar-refractivity contribution < 1.29 is 19.4 Å². The number of aromatic amines is 2. The number of phenolic OH excluding ortho intramolecular Hbond substituents is 1. The second kappa shape index (κ2) is 8.52. The molecule has 7 nitrogen and oxygen atoms in total. The van der Waals surface area contributed by atoms with Crippen molar-refractivity contribution in [2.45, 2.75) is 25.1 Å². The minimum Gasteiger partial charge on any atom is -0.508 e. The van der Waals surface area contributed by atoms with Crippen molar-refractivity contribution >= 4 is 27.8 Å². The Kier molecular flexibility index (Phi) is 5.19. The highest BCUT2D eigenvalue weighted by Crippen LogP contribution is 2.42. The number of esters is 1. The number of aromatic nitrogens is 2. The first-order chi connectivity index (χ1) is 17.1. The van der Waals surface area contributed by atoms with Crippen molar-refractivity contribution in [1.29, 1.82) is 0 Å². The fourth-order valence-electron chi connectivity index (χ4n) is 5.06. The van der Waals surface area contributed by atoms with Crippen molar-refractivity contribution in [3.8, 4) is 11.5 Å². The highest BCUT2D eigenvalue weighted by atomic mass is 16.5. The summed E-state index contributed by atoms with van der Waals surface area (Å²) in [5.41, 5.74) is 5.55. The number of rotatable bonds is 5. The number of H-pyrrole nitrogens is 2. The highest BCUT2D eigenvalue weighted by molar-refractivity contribution is 5.93. The van der Waals surface area contributed by atoms with Crippen molar-refractivity contribution in [1.82, 2.24) is 15.3 Å². The molecule has 0 saturated heterocycles.